The van der Waals surface area contributed by atoms with Crippen LogP contribution in [0, 0.1) is 0 Å². The maximum atomic E-state index is 12.9. The number of amides is 1. The van der Waals surface area contributed by atoms with Crippen molar-refractivity contribution in [1.82, 2.24) is 4.90 Å². The van der Waals surface area contributed by atoms with Gasteiger partial charge in [-0.1, -0.05) is 43.3 Å². The highest BCUT2D eigenvalue weighted by Gasteiger charge is 2.25. The number of nitrogens with zero attached hydrogens (tertiary/aromatic N) is 1. The Labute approximate surface area is 219 Å². The number of carbonyl (C=O) groups is 2. The first-order valence-electron chi connectivity index (χ1n) is 12.8. The number of rotatable bonds is 19. The van der Waals surface area contributed by atoms with Crippen LogP contribution in [0.15, 0.2) is 42.5 Å². The van der Waals surface area contributed by atoms with E-state index >= 15 is 0 Å². The molecule has 2 aromatic rings. The lowest BCUT2D eigenvalue weighted by atomic mass is 10.1. The highest BCUT2D eigenvalue weighted by molar-refractivity contribution is 5.88. The largest absolute Gasteiger partial charge is 0.489 e. The minimum absolute atomic E-state index is 0.0928. The maximum absolute atomic E-state index is 12.9. The Balaban J connectivity index is 1.86. The van der Waals surface area contributed by atoms with Crippen LogP contribution < -0.4 is 4.74 Å². The summed E-state index contributed by atoms with van der Waals surface area (Å²) in [6.07, 6.45) is -0.389. The molecule has 1 atom stereocenters. The van der Waals surface area contributed by atoms with E-state index in [1.54, 1.807) is 18.9 Å². The van der Waals surface area contributed by atoms with Crippen LogP contribution in [0.2, 0.25) is 0 Å². The number of carbonyl (C=O) groups excluding carboxylic acids is 2. The van der Waals surface area contributed by atoms with Gasteiger partial charge < -0.3 is 33.3 Å². The Morgan fingerprint density at radius 1 is 0.865 bits per heavy atom. The molecule has 9 heteroatoms. The zero-order chi connectivity index (χ0) is 26.9. The zero-order valence-corrected chi connectivity index (χ0v) is 22.5. The molecule has 0 radical (unpaired) electrons. The molecule has 0 heterocycles. The molecule has 9 nitrogen and oxygen atoms in total. The van der Waals surface area contributed by atoms with Crippen molar-refractivity contribution in [3.8, 4) is 5.75 Å². The molecule has 0 aromatic heterocycles. The van der Waals surface area contributed by atoms with Crippen molar-refractivity contribution in [2.45, 2.75) is 39.3 Å². The van der Waals surface area contributed by atoms with E-state index < -0.39 is 6.10 Å². The van der Waals surface area contributed by atoms with E-state index in [0.717, 1.165) is 10.8 Å². The van der Waals surface area contributed by atoms with Crippen molar-refractivity contribution in [1.29, 1.82) is 0 Å². The predicted octanol–water partition coefficient (Wildman–Crippen LogP) is 3.47. The smallest absolute Gasteiger partial charge is 0.305 e. The average Bonchev–Trinajstić information content (AvgIpc) is 2.90. The Kier molecular flexibility index (Phi) is 14.6. The third-order valence-corrected chi connectivity index (χ3v) is 5.51. The molecule has 206 valence electrons. The van der Waals surface area contributed by atoms with Crippen LogP contribution >= 0.6 is 0 Å². The van der Waals surface area contributed by atoms with Gasteiger partial charge in [0.25, 0.3) is 0 Å². The van der Waals surface area contributed by atoms with E-state index in [1.807, 2.05) is 56.3 Å². The Morgan fingerprint density at radius 2 is 1.51 bits per heavy atom. The fourth-order valence-corrected chi connectivity index (χ4v) is 3.54. The topological polar surface area (TPSA) is 92.8 Å². The Morgan fingerprint density at radius 3 is 2.19 bits per heavy atom. The summed E-state index contributed by atoms with van der Waals surface area (Å²) in [5, 5.41) is 2.03. The molecule has 0 saturated heterocycles. The lowest BCUT2D eigenvalue weighted by Crippen LogP contribution is -2.46. The summed E-state index contributed by atoms with van der Waals surface area (Å²) in [6.45, 7) is 8.42. The standard InChI is InChI=1S/C28H41NO8/c1-5-28(31)37-24(20-36-26-12-8-10-23-9-6-7-11-25(23)26)19-29(22(2)3)27(30)21-35-18-17-34-16-15-33-14-13-32-4/h6-12,22,24H,5,13-21H2,1-4H3/t24-/m0/s1. The number of hydrogen-bond acceptors (Lipinski definition) is 8. The lowest BCUT2D eigenvalue weighted by molar-refractivity contribution is -0.155. The van der Waals surface area contributed by atoms with Crippen molar-refractivity contribution >= 4 is 22.6 Å². The highest BCUT2D eigenvalue weighted by Crippen LogP contribution is 2.25. The Hall–Kier alpha value is -2.72. The molecule has 0 spiro atoms. The third kappa shape index (κ3) is 11.5. The number of ether oxygens (including phenoxy) is 6. The molecular formula is C28H41NO8. The molecule has 0 aliphatic rings. The third-order valence-electron chi connectivity index (χ3n) is 5.51. The second-order valence-electron chi connectivity index (χ2n) is 8.66. The van der Waals surface area contributed by atoms with Gasteiger partial charge in [-0.3, -0.25) is 9.59 Å². The van der Waals surface area contributed by atoms with E-state index in [1.165, 1.54) is 0 Å². The summed E-state index contributed by atoms with van der Waals surface area (Å²) in [6, 6.07) is 13.6. The molecule has 0 bridgehead atoms. The first-order chi connectivity index (χ1) is 18.0. The van der Waals surface area contributed by atoms with Crippen molar-refractivity contribution in [2.75, 3.05) is 66.5 Å². The second-order valence-corrected chi connectivity index (χ2v) is 8.66. The number of hydrogen-bond donors (Lipinski definition) is 0. The summed E-state index contributed by atoms with van der Waals surface area (Å²) in [5.74, 6) is 0.161. The fraction of sp³-hybridized carbons (Fsp3) is 0.571. The van der Waals surface area contributed by atoms with Crippen molar-refractivity contribution < 1.29 is 38.0 Å². The average molecular weight is 520 g/mol. The van der Waals surface area contributed by atoms with Crippen molar-refractivity contribution in [2.24, 2.45) is 0 Å². The zero-order valence-electron chi connectivity index (χ0n) is 22.5. The van der Waals surface area contributed by atoms with E-state index in [9.17, 15) is 9.59 Å². The number of fused-ring (bicyclic) bond motifs is 1. The van der Waals surface area contributed by atoms with Crippen LogP contribution in [-0.4, -0.2) is 95.4 Å². The quantitative estimate of drug-likeness (QED) is 0.206. The normalized spacial score (nSPS) is 12.0. The molecule has 1 amide bonds. The fourth-order valence-electron chi connectivity index (χ4n) is 3.54. The van der Waals surface area contributed by atoms with Crippen molar-refractivity contribution in [3.05, 3.63) is 42.5 Å². The molecule has 0 aliphatic heterocycles. The molecule has 0 fully saturated rings. The Bertz CT molecular complexity index is 930. The molecule has 37 heavy (non-hydrogen) atoms. The molecule has 0 saturated carbocycles. The second kappa shape index (κ2) is 17.7. The summed E-state index contributed by atoms with van der Waals surface area (Å²) < 4.78 is 32.9. The summed E-state index contributed by atoms with van der Waals surface area (Å²) in [7, 11) is 1.62. The van der Waals surface area contributed by atoms with Crippen LogP contribution in [0.5, 0.6) is 5.75 Å². The van der Waals surface area contributed by atoms with Gasteiger partial charge in [0.15, 0.2) is 6.10 Å². The number of esters is 1. The first kappa shape index (κ1) is 30.5. The molecular weight excluding hydrogens is 478 g/mol. The predicted molar refractivity (Wildman–Crippen MR) is 141 cm³/mol. The van der Waals surface area contributed by atoms with Crippen molar-refractivity contribution in [3.63, 3.8) is 0 Å². The van der Waals surface area contributed by atoms with Crippen LogP contribution in [0.3, 0.4) is 0 Å². The first-order valence-corrected chi connectivity index (χ1v) is 12.8. The summed E-state index contributed by atoms with van der Waals surface area (Å²) in [4.78, 5) is 26.7. The van der Waals surface area contributed by atoms with Crippen LogP contribution in [0.4, 0.5) is 0 Å². The molecule has 0 aliphatic carbocycles. The van der Waals surface area contributed by atoms with E-state index in [4.69, 9.17) is 28.4 Å². The van der Waals surface area contributed by atoms with Gasteiger partial charge in [-0.15, -0.1) is 0 Å². The van der Waals surface area contributed by atoms with Crippen LogP contribution in [-0.2, 0) is 33.3 Å². The van der Waals surface area contributed by atoms with Gasteiger partial charge in [-0.05, 0) is 25.3 Å². The molecule has 2 rings (SSSR count). The molecule has 0 unspecified atom stereocenters. The van der Waals surface area contributed by atoms with Gasteiger partial charge in [0.2, 0.25) is 5.91 Å². The van der Waals surface area contributed by atoms with Gasteiger partial charge in [-0.2, -0.15) is 0 Å². The lowest BCUT2D eigenvalue weighted by Gasteiger charge is -2.30. The van der Waals surface area contributed by atoms with Gasteiger partial charge in [0.1, 0.15) is 19.0 Å². The van der Waals surface area contributed by atoms with Gasteiger partial charge >= 0.3 is 5.97 Å². The minimum atomic E-state index is -0.626. The molecule has 0 N–H and O–H groups in total. The SMILES string of the molecule is CCC(=O)O[C@H](COc1cccc2ccccc12)CN(C(=O)COCCOCCOCCOC)C(C)C. The number of benzene rings is 2. The van der Waals surface area contributed by atoms with Crippen LogP contribution in [0.1, 0.15) is 27.2 Å². The van der Waals surface area contributed by atoms with Gasteiger partial charge in [-0.25, -0.2) is 0 Å². The van der Waals surface area contributed by atoms with E-state index in [-0.39, 0.29) is 50.7 Å². The maximum Gasteiger partial charge on any atom is 0.305 e. The van der Waals surface area contributed by atoms with E-state index in [2.05, 4.69) is 0 Å². The summed E-state index contributed by atoms with van der Waals surface area (Å²) in [5.41, 5.74) is 0. The van der Waals surface area contributed by atoms with Gasteiger partial charge in [0.05, 0.1) is 46.2 Å². The highest BCUT2D eigenvalue weighted by atomic mass is 16.6. The monoisotopic (exact) mass is 519 g/mol. The summed E-state index contributed by atoms with van der Waals surface area (Å²) >= 11 is 0. The minimum Gasteiger partial charge on any atom is -0.489 e. The molecule has 2 aromatic carbocycles. The van der Waals surface area contributed by atoms with Crippen LogP contribution in [0.25, 0.3) is 10.8 Å². The number of methoxy groups -OCH3 is 1. The van der Waals surface area contributed by atoms with E-state index in [0.29, 0.717) is 38.8 Å². The van der Waals surface area contributed by atoms with Gasteiger partial charge in [0, 0.05) is 25.0 Å².